The Hall–Kier alpha value is -2.16. The smallest absolute Gasteiger partial charge is 0.243 e. The quantitative estimate of drug-likeness (QED) is 0.652. The fourth-order valence-corrected chi connectivity index (χ4v) is 6.12. The van der Waals surface area contributed by atoms with Gasteiger partial charge in [-0.2, -0.15) is 4.31 Å². The van der Waals surface area contributed by atoms with Gasteiger partial charge in [0, 0.05) is 48.7 Å². The van der Waals surface area contributed by atoms with Crippen molar-refractivity contribution >= 4 is 38.2 Å². The van der Waals surface area contributed by atoms with Gasteiger partial charge >= 0.3 is 0 Å². The molecule has 2 aromatic heterocycles. The molecule has 0 radical (unpaired) electrons. The van der Waals surface area contributed by atoms with Gasteiger partial charge in [-0.25, -0.2) is 8.42 Å². The predicted octanol–water partition coefficient (Wildman–Crippen LogP) is 3.00. The monoisotopic (exact) mass is 431 g/mol. The Morgan fingerprint density at radius 2 is 2.14 bits per heavy atom. The number of hydrogen-bond donors (Lipinski definition) is 1. The summed E-state index contributed by atoms with van der Waals surface area (Å²) in [6.07, 6.45) is 4.12. The summed E-state index contributed by atoms with van der Waals surface area (Å²) in [4.78, 5) is 14.1. The van der Waals surface area contributed by atoms with E-state index in [1.807, 2.05) is 41.4 Å². The Kier molecular flexibility index (Phi) is 5.76. The van der Waals surface area contributed by atoms with Crippen molar-refractivity contribution in [1.29, 1.82) is 0 Å². The predicted molar refractivity (Wildman–Crippen MR) is 115 cm³/mol. The first-order chi connectivity index (χ1) is 13.9. The van der Waals surface area contributed by atoms with Crippen LogP contribution in [0.25, 0.3) is 10.9 Å². The number of rotatable bonds is 6. The van der Waals surface area contributed by atoms with Gasteiger partial charge in [0.25, 0.3) is 0 Å². The minimum atomic E-state index is -3.62. The van der Waals surface area contributed by atoms with Gasteiger partial charge in [0.2, 0.25) is 15.9 Å². The number of aryl methyl sites for hydroxylation is 1. The molecule has 0 spiro atoms. The number of nitrogens with one attached hydrogen (secondary N) is 1. The largest absolute Gasteiger partial charge is 0.355 e. The molecular formula is C21H25N3O3S2. The molecule has 0 saturated carbocycles. The van der Waals surface area contributed by atoms with Gasteiger partial charge in [0.1, 0.15) is 0 Å². The molecule has 29 heavy (non-hydrogen) atoms. The van der Waals surface area contributed by atoms with E-state index in [4.69, 9.17) is 0 Å². The molecule has 6 nitrogen and oxygen atoms in total. The molecule has 1 fully saturated rings. The topological polar surface area (TPSA) is 71.4 Å². The van der Waals surface area contributed by atoms with Crippen molar-refractivity contribution in [2.75, 3.05) is 19.6 Å². The number of nitrogens with zero attached hydrogens (tertiary/aromatic N) is 2. The maximum Gasteiger partial charge on any atom is 0.243 e. The number of aromatic nitrogens is 1. The normalized spacial score (nSPS) is 18.2. The van der Waals surface area contributed by atoms with Crippen molar-refractivity contribution in [2.45, 2.75) is 24.2 Å². The van der Waals surface area contributed by atoms with Crippen molar-refractivity contribution in [3.05, 3.63) is 52.9 Å². The molecule has 0 bridgehead atoms. The second kappa shape index (κ2) is 8.30. The zero-order valence-corrected chi connectivity index (χ0v) is 18.0. The molecule has 1 unspecified atom stereocenters. The first-order valence-corrected chi connectivity index (χ1v) is 12.1. The molecule has 3 heterocycles. The number of carbonyl (C=O) groups excluding carboxylic acids is 1. The summed E-state index contributed by atoms with van der Waals surface area (Å²) in [5.74, 6) is -0.359. The van der Waals surface area contributed by atoms with Crippen LogP contribution in [0, 0.1) is 5.92 Å². The fourth-order valence-electron chi connectivity index (χ4n) is 3.85. The van der Waals surface area contributed by atoms with E-state index in [0.717, 1.165) is 17.3 Å². The van der Waals surface area contributed by atoms with Crippen molar-refractivity contribution in [1.82, 2.24) is 14.2 Å². The highest BCUT2D eigenvalue weighted by Crippen LogP contribution is 2.26. The maximum absolute atomic E-state index is 13.2. The Labute approximate surface area is 175 Å². The van der Waals surface area contributed by atoms with Crippen LogP contribution >= 0.6 is 11.3 Å². The van der Waals surface area contributed by atoms with Gasteiger partial charge in [-0.05, 0) is 55.0 Å². The van der Waals surface area contributed by atoms with Crippen molar-refractivity contribution < 1.29 is 13.2 Å². The van der Waals surface area contributed by atoms with E-state index in [2.05, 4.69) is 11.4 Å². The van der Waals surface area contributed by atoms with Crippen LogP contribution < -0.4 is 5.32 Å². The molecule has 0 aliphatic carbocycles. The molecule has 1 aromatic carbocycles. The SMILES string of the molecule is Cn1ccc2cc(S(=O)(=O)N3CCCC(C(=O)NCCc4cccs4)C3)ccc21. The summed E-state index contributed by atoms with van der Waals surface area (Å²) in [5, 5.41) is 5.89. The van der Waals surface area contributed by atoms with E-state index in [1.54, 1.807) is 23.5 Å². The average molecular weight is 432 g/mol. The molecule has 3 aromatic rings. The van der Waals surface area contributed by atoms with Crippen LogP contribution in [-0.2, 0) is 28.3 Å². The van der Waals surface area contributed by atoms with Gasteiger partial charge in [-0.1, -0.05) is 6.07 Å². The summed E-state index contributed by atoms with van der Waals surface area (Å²) < 4.78 is 29.8. The maximum atomic E-state index is 13.2. The van der Waals surface area contributed by atoms with Crippen LogP contribution in [0.5, 0.6) is 0 Å². The number of thiophene rings is 1. The standard InChI is InChI=1S/C21H25N3O3S2/c1-23-12-9-16-14-19(6-7-20(16)23)29(26,27)24-11-2-4-17(15-24)21(25)22-10-8-18-5-3-13-28-18/h3,5-7,9,12-14,17H,2,4,8,10-11,15H2,1H3,(H,22,25). The number of fused-ring (bicyclic) bond motifs is 1. The molecule has 1 atom stereocenters. The summed E-state index contributed by atoms with van der Waals surface area (Å²) in [5.41, 5.74) is 0.991. The average Bonchev–Trinajstić information content (AvgIpc) is 3.38. The van der Waals surface area contributed by atoms with Gasteiger partial charge in [0.05, 0.1) is 10.8 Å². The van der Waals surface area contributed by atoms with Crippen LogP contribution in [0.3, 0.4) is 0 Å². The first kappa shape index (κ1) is 20.1. The van der Waals surface area contributed by atoms with Gasteiger partial charge in [0.15, 0.2) is 0 Å². The van der Waals surface area contributed by atoms with Crippen LogP contribution in [0.2, 0.25) is 0 Å². The lowest BCUT2D eigenvalue weighted by Gasteiger charge is -2.31. The van der Waals surface area contributed by atoms with Crippen LogP contribution in [0.4, 0.5) is 0 Å². The van der Waals surface area contributed by atoms with Gasteiger partial charge in [-0.3, -0.25) is 4.79 Å². The van der Waals surface area contributed by atoms with E-state index < -0.39 is 10.0 Å². The Bertz CT molecular complexity index is 1100. The van der Waals surface area contributed by atoms with E-state index in [0.29, 0.717) is 25.9 Å². The molecule has 8 heteroatoms. The van der Waals surface area contributed by atoms with Crippen LogP contribution in [0.1, 0.15) is 17.7 Å². The lowest BCUT2D eigenvalue weighted by molar-refractivity contribution is -0.126. The second-order valence-electron chi connectivity index (χ2n) is 7.47. The highest BCUT2D eigenvalue weighted by Gasteiger charge is 2.33. The summed E-state index contributed by atoms with van der Waals surface area (Å²) >= 11 is 1.67. The Morgan fingerprint density at radius 3 is 2.93 bits per heavy atom. The van der Waals surface area contributed by atoms with Crippen molar-refractivity contribution in [3.63, 3.8) is 0 Å². The highest BCUT2D eigenvalue weighted by molar-refractivity contribution is 7.89. The molecule has 1 aliphatic rings. The Balaban J connectivity index is 1.42. The molecule has 1 saturated heterocycles. The van der Waals surface area contributed by atoms with Crippen LogP contribution in [-0.4, -0.2) is 42.8 Å². The number of hydrogen-bond acceptors (Lipinski definition) is 4. The molecule has 1 amide bonds. The van der Waals surface area contributed by atoms with Gasteiger partial charge in [-0.15, -0.1) is 11.3 Å². The zero-order valence-electron chi connectivity index (χ0n) is 16.4. The summed E-state index contributed by atoms with van der Waals surface area (Å²) in [6.45, 7) is 1.27. The Morgan fingerprint density at radius 1 is 1.28 bits per heavy atom. The van der Waals surface area contributed by atoms with E-state index in [9.17, 15) is 13.2 Å². The third kappa shape index (κ3) is 4.24. The second-order valence-corrected chi connectivity index (χ2v) is 10.4. The number of benzene rings is 1. The first-order valence-electron chi connectivity index (χ1n) is 9.80. The third-order valence-corrected chi connectivity index (χ3v) is 8.30. The van der Waals surface area contributed by atoms with E-state index in [-0.39, 0.29) is 23.3 Å². The minimum Gasteiger partial charge on any atom is -0.355 e. The van der Waals surface area contributed by atoms with E-state index in [1.165, 1.54) is 9.18 Å². The summed E-state index contributed by atoms with van der Waals surface area (Å²) in [6, 6.07) is 11.2. The molecule has 1 N–H and O–H groups in total. The number of amides is 1. The van der Waals surface area contributed by atoms with Crippen molar-refractivity contribution in [2.24, 2.45) is 13.0 Å². The summed E-state index contributed by atoms with van der Waals surface area (Å²) in [7, 11) is -1.69. The van der Waals surface area contributed by atoms with Gasteiger partial charge < -0.3 is 9.88 Å². The van der Waals surface area contributed by atoms with Crippen LogP contribution in [0.15, 0.2) is 52.9 Å². The number of piperidine rings is 1. The highest BCUT2D eigenvalue weighted by atomic mass is 32.2. The van der Waals surface area contributed by atoms with Crippen molar-refractivity contribution in [3.8, 4) is 0 Å². The van der Waals surface area contributed by atoms with E-state index >= 15 is 0 Å². The molecular weight excluding hydrogens is 406 g/mol. The lowest BCUT2D eigenvalue weighted by Crippen LogP contribution is -2.45. The molecule has 1 aliphatic heterocycles. The zero-order chi connectivity index (χ0) is 20.4. The number of sulfonamides is 1. The molecule has 154 valence electrons. The fraction of sp³-hybridized carbons (Fsp3) is 0.381. The minimum absolute atomic E-state index is 0.0556. The molecule has 4 rings (SSSR count). The number of carbonyl (C=O) groups is 1. The third-order valence-electron chi connectivity index (χ3n) is 5.50. The lowest BCUT2D eigenvalue weighted by atomic mass is 9.99.